The minimum atomic E-state index is -3.95. The quantitative estimate of drug-likeness (QED) is 0.562. The van der Waals surface area contributed by atoms with E-state index < -0.39 is 10.0 Å². The summed E-state index contributed by atoms with van der Waals surface area (Å²) in [5.74, 6) is 0.691. The third-order valence-corrected chi connectivity index (χ3v) is 7.40. The van der Waals surface area contributed by atoms with Gasteiger partial charge >= 0.3 is 0 Å². The van der Waals surface area contributed by atoms with Crippen molar-refractivity contribution in [2.45, 2.75) is 11.4 Å². The molecule has 0 spiro atoms. The molecule has 1 saturated heterocycles. The van der Waals surface area contributed by atoms with E-state index in [2.05, 4.69) is 14.6 Å². The Hall–Kier alpha value is -3.63. The monoisotopic (exact) mass is 494 g/mol. The maximum absolute atomic E-state index is 13.3. The Morgan fingerprint density at radius 1 is 0.914 bits per heavy atom. The Morgan fingerprint density at radius 2 is 1.63 bits per heavy atom. The summed E-state index contributed by atoms with van der Waals surface area (Å²) >= 11 is 0. The molecule has 2 aromatic carbocycles. The lowest BCUT2D eigenvalue weighted by Crippen LogP contribution is -2.48. The van der Waals surface area contributed by atoms with E-state index in [9.17, 15) is 13.2 Å². The largest absolute Gasteiger partial charge is 0.486 e. The lowest BCUT2D eigenvalue weighted by atomic mass is 10.1. The van der Waals surface area contributed by atoms with Crippen molar-refractivity contribution >= 4 is 21.6 Å². The fourth-order valence-corrected chi connectivity index (χ4v) is 5.27. The molecule has 0 aliphatic carbocycles. The van der Waals surface area contributed by atoms with Gasteiger partial charge in [0.05, 0.1) is 16.1 Å². The molecule has 0 atom stereocenters. The third-order valence-electron chi connectivity index (χ3n) is 6.04. The van der Waals surface area contributed by atoms with E-state index in [1.807, 2.05) is 12.1 Å². The fraction of sp³-hybridized carbons (Fsp3) is 0.280. The standard InChI is InChI=1S/C25H26N4O5S/c30-25(29-13-11-28(12-14-29)18-19-7-9-26-10-8-19)21-3-1-2-4-22(21)27-35(31,32)20-5-6-23-24(17-20)34-16-15-33-23/h1-10,17,27H,11-16,18H2. The number of fused-ring (bicyclic) bond motifs is 1. The molecule has 3 aromatic rings. The van der Waals surface area contributed by atoms with Crippen LogP contribution in [0.2, 0.25) is 0 Å². The highest BCUT2D eigenvalue weighted by Gasteiger charge is 2.26. The summed E-state index contributed by atoms with van der Waals surface area (Å²) in [4.78, 5) is 21.5. The number of nitrogens with one attached hydrogen (secondary N) is 1. The molecule has 2 aliphatic rings. The number of sulfonamides is 1. The van der Waals surface area contributed by atoms with Crippen molar-refractivity contribution in [2.75, 3.05) is 44.1 Å². The number of benzene rings is 2. The van der Waals surface area contributed by atoms with Crippen molar-refractivity contribution in [1.29, 1.82) is 0 Å². The zero-order valence-corrected chi connectivity index (χ0v) is 19.9. The van der Waals surface area contributed by atoms with E-state index in [0.717, 1.165) is 19.6 Å². The number of amides is 1. The first kappa shape index (κ1) is 23.1. The predicted octanol–water partition coefficient (Wildman–Crippen LogP) is 2.61. The van der Waals surface area contributed by atoms with E-state index >= 15 is 0 Å². The van der Waals surface area contributed by atoms with Crippen LogP contribution in [0, 0.1) is 0 Å². The molecule has 5 rings (SSSR count). The maximum atomic E-state index is 13.3. The van der Waals surface area contributed by atoms with E-state index in [-0.39, 0.29) is 16.5 Å². The highest BCUT2D eigenvalue weighted by atomic mass is 32.2. The molecule has 0 unspecified atom stereocenters. The van der Waals surface area contributed by atoms with Crippen LogP contribution in [0.3, 0.4) is 0 Å². The Labute approximate surface area is 204 Å². The minimum Gasteiger partial charge on any atom is -0.486 e. The highest BCUT2D eigenvalue weighted by molar-refractivity contribution is 7.92. The first-order valence-electron chi connectivity index (χ1n) is 11.4. The van der Waals surface area contributed by atoms with E-state index in [1.54, 1.807) is 47.6 Å². The Kier molecular flexibility index (Phi) is 6.56. The summed E-state index contributed by atoms with van der Waals surface area (Å²) < 4.78 is 39.8. The van der Waals surface area contributed by atoms with Crippen molar-refractivity contribution in [2.24, 2.45) is 0 Å². The second-order valence-corrected chi connectivity index (χ2v) is 10.1. The molecule has 2 aliphatic heterocycles. The molecule has 9 nitrogen and oxygen atoms in total. The normalized spacial score (nSPS) is 16.1. The van der Waals surface area contributed by atoms with Crippen LogP contribution < -0.4 is 14.2 Å². The van der Waals surface area contributed by atoms with Gasteiger partial charge in [-0.15, -0.1) is 0 Å². The molecular formula is C25H26N4O5S. The van der Waals surface area contributed by atoms with Crippen molar-refractivity contribution in [3.05, 3.63) is 78.1 Å². The summed E-state index contributed by atoms with van der Waals surface area (Å²) in [6.45, 7) is 4.18. The van der Waals surface area contributed by atoms with Crippen LogP contribution in [0.5, 0.6) is 11.5 Å². The Bertz CT molecular complexity index is 1310. The highest BCUT2D eigenvalue weighted by Crippen LogP contribution is 2.33. The number of rotatable bonds is 6. The third kappa shape index (κ3) is 5.23. The molecular weight excluding hydrogens is 468 g/mol. The molecule has 10 heteroatoms. The number of anilines is 1. The number of para-hydroxylation sites is 1. The summed E-state index contributed by atoms with van der Waals surface area (Å²) in [5, 5.41) is 0. The number of nitrogens with zero attached hydrogens (tertiary/aromatic N) is 3. The molecule has 0 bridgehead atoms. The van der Waals surface area contributed by atoms with Crippen molar-refractivity contribution in [1.82, 2.24) is 14.8 Å². The topological polar surface area (TPSA) is 101 Å². The number of carbonyl (C=O) groups excluding carboxylic acids is 1. The van der Waals surface area contributed by atoms with Gasteiger partial charge in [-0.25, -0.2) is 8.42 Å². The van der Waals surface area contributed by atoms with Crippen LogP contribution in [0.25, 0.3) is 0 Å². The van der Waals surface area contributed by atoms with Gasteiger partial charge in [0.1, 0.15) is 13.2 Å². The fourth-order valence-electron chi connectivity index (χ4n) is 4.18. The average molecular weight is 495 g/mol. The second-order valence-electron chi connectivity index (χ2n) is 8.38. The SMILES string of the molecule is O=C(c1ccccc1NS(=O)(=O)c1ccc2c(c1)OCCO2)N1CCN(Cc2ccncc2)CC1. The number of hydrogen-bond donors (Lipinski definition) is 1. The van der Waals surface area contributed by atoms with Gasteiger partial charge in [0.2, 0.25) is 0 Å². The number of pyridine rings is 1. The van der Waals surface area contributed by atoms with Gasteiger partial charge < -0.3 is 14.4 Å². The van der Waals surface area contributed by atoms with Crippen LogP contribution in [0.15, 0.2) is 71.9 Å². The molecule has 1 N–H and O–H groups in total. The van der Waals surface area contributed by atoms with Crippen LogP contribution >= 0.6 is 0 Å². The molecule has 182 valence electrons. The predicted molar refractivity (Wildman–Crippen MR) is 130 cm³/mol. The summed E-state index contributed by atoms with van der Waals surface area (Å²) in [7, 11) is -3.95. The van der Waals surface area contributed by atoms with E-state index in [1.165, 1.54) is 17.7 Å². The molecule has 1 amide bonds. The Morgan fingerprint density at radius 3 is 2.40 bits per heavy atom. The Balaban J connectivity index is 1.28. The zero-order chi connectivity index (χ0) is 24.3. The van der Waals surface area contributed by atoms with Gasteiger partial charge in [-0.2, -0.15) is 0 Å². The first-order chi connectivity index (χ1) is 17.0. The molecule has 1 aromatic heterocycles. The van der Waals surface area contributed by atoms with Crippen molar-refractivity contribution in [3.8, 4) is 11.5 Å². The number of aromatic nitrogens is 1. The van der Waals surface area contributed by atoms with Crippen LogP contribution in [-0.4, -0.2) is 68.5 Å². The maximum Gasteiger partial charge on any atom is 0.262 e. The van der Waals surface area contributed by atoms with Gasteiger partial charge in [0, 0.05) is 51.2 Å². The van der Waals surface area contributed by atoms with Crippen molar-refractivity contribution in [3.63, 3.8) is 0 Å². The number of carbonyl (C=O) groups is 1. The zero-order valence-electron chi connectivity index (χ0n) is 19.1. The second kappa shape index (κ2) is 9.93. The summed E-state index contributed by atoms with van der Waals surface area (Å²) in [5.41, 5.74) is 1.74. The van der Waals surface area contributed by atoms with Gasteiger partial charge in [0.25, 0.3) is 15.9 Å². The van der Waals surface area contributed by atoms with E-state index in [4.69, 9.17) is 9.47 Å². The van der Waals surface area contributed by atoms with Gasteiger partial charge in [-0.05, 0) is 42.0 Å². The van der Waals surface area contributed by atoms with E-state index in [0.29, 0.717) is 43.4 Å². The smallest absolute Gasteiger partial charge is 0.262 e. The number of ether oxygens (including phenoxy) is 2. The average Bonchev–Trinajstić information content (AvgIpc) is 2.89. The summed E-state index contributed by atoms with van der Waals surface area (Å²) in [6.07, 6.45) is 3.55. The molecule has 35 heavy (non-hydrogen) atoms. The first-order valence-corrected chi connectivity index (χ1v) is 12.9. The minimum absolute atomic E-state index is 0.0359. The molecule has 0 saturated carbocycles. The lowest BCUT2D eigenvalue weighted by molar-refractivity contribution is 0.0629. The summed E-state index contributed by atoms with van der Waals surface area (Å²) in [6, 6.07) is 15.1. The van der Waals surface area contributed by atoms with Gasteiger partial charge in [0.15, 0.2) is 11.5 Å². The van der Waals surface area contributed by atoms with Crippen LogP contribution in [0.1, 0.15) is 15.9 Å². The van der Waals surface area contributed by atoms with Gasteiger partial charge in [-0.3, -0.25) is 19.4 Å². The van der Waals surface area contributed by atoms with Crippen LogP contribution in [-0.2, 0) is 16.6 Å². The molecule has 1 fully saturated rings. The number of piperazine rings is 1. The van der Waals surface area contributed by atoms with Gasteiger partial charge in [-0.1, -0.05) is 12.1 Å². The lowest BCUT2D eigenvalue weighted by Gasteiger charge is -2.35. The molecule has 0 radical (unpaired) electrons. The molecule has 3 heterocycles. The van der Waals surface area contributed by atoms with Crippen molar-refractivity contribution < 1.29 is 22.7 Å². The number of hydrogen-bond acceptors (Lipinski definition) is 7. The van der Waals surface area contributed by atoms with Crippen LogP contribution in [0.4, 0.5) is 5.69 Å².